The summed E-state index contributed by atoms with van der Waals surface area (Å²) in [6, 6.07) is 8.76. The van der Waals surface area contributed by atoms with E-state index >= 15 is 0 Å². The molecular formula is C20H16BrCl2NO4. The van der Waals surface area contributed by atoms with Crippen molar-refractivity contribution in [1.29, 1.82) is 0 Å². The quantitative estimate of drug-likeness (QED) is 0.454. The zero-order valence-electron chi connectivity index (χ0n) is 14.9. The molecule has 1 aliphatic heterocycles. The molecule has 1 heterocycles. The molecule has 0 atom stereocenters. The normalized spacial score (nSPS) is 15.1. The molecule has 8 heteroatoms. The smallest absolute Gasteiger partial charge is 0.254 e. The van der Waals surface area contributed by atoms with Crippen molar-refractivity contribution in [3.05, 3.63) is 61.5 Å². The maximum absolute atomic E-state index is 11.8. The van der Waals surface area contributed by atoms with Crippen molar-refractivity contribution < 1.29 is 19.1 Å². The topological polar surface area (TPSA) is 64.6 Å². The number of imide groups is 1. The molecule has 0 bridgehead atoms. The van der Waals surface area contributed by atoms with Crippen LogP contribution in [-0.4, -0.2) is 18.4 Å². The average molecular weight is 485 g/mol. The highest BCUT2D eigenvalue weighted by Crippen LogP contribution is 2.38. The first-order chi connectivity index (χ1) is 13.4. The van der Waals surface area contributed by atoms with Gasteiger partial charge in [0.2, 0.25) is 5.91 Å². The zero-order valence-corrected chi connectivity index (χ0v) is 18.0. The summed E-state index contributed by atoms with van der Waals surface area (Å²) in [5.41, 5.74) is 1.90. The van der Waals surface area contributed by atoms with Crippen LogP contribution in [0.1, 0.15) is 24.5 Å². The van der Waals surface area contributed by atoms with Gasteiger partial charge in [-0.15, -0.1) is 0 Å². The minimum Gasteiger partial charge on any atom is -0.490 e. The van der Waals surface area contributed by atoms with Gasteiger partial charge in [-0.25, -0.2) is 0 Å². The summed E-state index contributed by atoms with van der Waals surface area (Å²) in [4.78, 5) is 23.1. The molecule has 1 fully saturated rings. The van der Waals surface area contributed by atoms with Gasteiger partial charge in [-0.2, -0.15) is 0 Å². The Morgan fingerprint density at radius 1 is 1.18 bits per heavy atom. The molecule has 0 aromatic heterocycles. The summed E-state index contributed by atoms with van der Waals surface area (Å²) in [5, 5.41) is 3.33. The second-order valence-electron chi connectivity index (χ2n) is 6.01. The zero-order chi connectivity index (χ0) is 20.3. The van der Waals surface area contributed by atoms with Gasteiger partial charge >= 0.3 is 0 Å². The number of amides is 2. The molecule has 1 aliphatic rings. The molecule has 0 radical (unpaired) electrons. The van der Waals surface area contributed by atoms with Crippen molar-refractivity contribution in [1.82, 2.24) is 5.32 Å². The Hall–Kier alpha value is -2.02. The number of nitrogens with one attached hydrogen (secondary N) is 1. The highest BCUT2D eigenvalue weighted by atomic mass is 79.9. The molecule has 0 unspecified atom stereocenters. The van der Waals surface area contributed by atoms with E-state index in [-0.39, 0.29) is 24.8 Å². The number of benzene rings is 2. The van der Waals surface area contributed by atoms with E-state index in [2.05, 4.69) is 21.2 Å². The van der Waals surface area contributed by atoms with Gasteiger partial charge in [0.25, 0.3) is 5.91 Å². The Kier molecular flexibility index (Phi) is 6.65. The first-order valence-corrected chi connectivity index (χ1v) is 10.00. The molecule has 0 saturated carbocycles. The molecule has 3 rings (SSSR count). The maximum Gasteiger partial charge on any atom is 0.254 e. The lowest BCUT2D eigenvalue weighted by atomic mass is 10.1. The van der Waals surface area contributed by atoms with E-state index in [0.29, 0.717) is 43.8 Å². The van der Waals surface area contributed by atoms with Crippen LogP contribution in [0.15, 0.2) is 40.4 Å². The third-order valence-electron chi connectivity index (χ3n) is 3.96. The van der Waals surface area contributed by atoms with Crippen LogP contribution in [0.3, 0.4) is 0 Å². The number of halogens is 3. The van der Waals surface area contributed by atoms with Crippen LogP contribution in [0.5, 0.6) is 11.5 Å². The molecule has 2 aromatic carbocycles. The molecule has 1 saturated heterocycles. The number of hydrogen-bond acceptors (Lipinski definition) is 4. The van der Waals surface area contributed by atoms with Crippen molar-refractivity contribution in [2.75, 3.05) is 6.61 Å². The largest absolute Gasteiger partial charge is 0.490 e. The maximum atomic E-state index is 11.8. The molecule has 28 heavy (non-hydrogen) atoms. The molecule has 2 amide bonds. The second kappa shape index (κ2) is 8.99. The van der Waals surface area contributed by atoms with E-state index in [0.717, 1.165) is 5.56 Å². The molecule has 1 N–H and O–H groups in total. The van der Waals surface area contributed by atoms with Gasteiger partial charge in [-0.3, -0.25) is 14.9 Å². The fourth-order valence-corrected chi connectivity index (χ4v) is 3.72. The number of ether oxygens (including phenoxy) is 2. The van der Waals surface area contributed by atoms with Crippen LogP contribution in [-0.2, 0) is 16.2 Å². The second-order valence-corrected chi connectivity index (χ2v) is 7.71. The number of carbonyl (C=O) groups is 2. The Balaban J connectivity index is 1.87. The van der Waals surface area contributed by atoms with Crippen LogP contribution in [0.4, 0.5) is 0 Å². The Morgan fingerprint density at radius 2 is 1.96 bits per heavy atom. The summed E-state index contributed by atoms with van der Waals surface area (Å²) in [5.74, 6) is 0.345. The molecular weight excluding hydrogens is 469 g/mol. The van der Waals surface area contributed by atoms with Crippen LogP contribution in [0.25, 0.3) is 6.08 Å². The molecule has 146 valence electrons. The summed E-state index contributed by atoms with van der Waals surface area (Å²) in [6.07, 6.45) is 1.72. The van der Waals surface area contributed by atoms with E-state index in [4.69, 9.17) is 32.7 Å². The van der Waals surface area contributed by atoms with Gasteiger partial charge in [-0.05, 0) is 58.8 Å². The lowest BCUT2D eigenvalue weighted by Crippen LogP contribution is -2.19. The van der Waals surface area contributed by atoms with Gasteiger partial charge in [0.1, 0.15) is 6.61 Å². The average Bonchev–Trinajstić information content (AvgIpc) is 2.93. The minimum absolute atomic E-state index is 0.0632. The summed E-state index contributed by atoms with van der Waals surface area (Å²) in [6.45, 7) is 2.53. The molecule has 5 nitrogen and oxygen atoms in total. The van der Waals surface area contributed by atoms with E-state index < -0.39 is 0 Å². The van der Waals surface area contributed by atoms with Crippen LogP contribution >= 0.6 is 39.1 Å². The van der Waals surface area contributed by atoms with Crippen molar-refractivity contribution >= 4 is 57.0 Å². The van der Waals surface area contributed by atoms with E-state index in [1.807, 2.05) is 6.92 Å². The standard InChI is InChI=1S/C20H16BrCl2NO4/c1-2-27-17-7-11(5-13-8-18(25)24-20(13)26)6-15(21)19(17)28-10-12-3-4-14(22)9-16(12)23/h3-7,9H,2,8,10H2,1H3,(H,24,25,26). The molecule has 2 aromatic rings. The van der Waals surface area contributed by atoms with Crippen molar-refractivity contribution in [3.63, 3.8) is 0 Å². The first-order valence-electron chi connectivity index (χ1n) is 8.45. The fraction of sp³-hybridized carbons (Fsp3) is 0.200. The molecule has 0 spiro atoms. The van der Waals surface area contributed by atoms with Gasteiger partial charge < -0.3 is 9.47 Å². The van der Waals surface area contributed by atoms with Gasteiger partial charge in [0, 0.05) is 21.2 Å². The Bertz CT molecular complexity index is 975. The highest BCUT2D eigenvalue weighted by molar-refractivity contribution is 9.10. The lowest BCUT2D eigenvalue weighted by Gasteiger charge is -2.15. The SMILES string of the molecule is CCOc1cc(C=C2CC(=O)NC2=O)cc(Br)c1OCc1ccc(Cl)cc1Cl. The monoisotopic (exact) mass is 483 g/mol. The lowest BCUT2D eigenvalue weighted by molar-refractivity contribution is -0.124. The third kappa shape index (κ3) is 4.87. The van der Waals surface area contributed by atoms with Crippen molar-refractivity contribution in [2.24, 2.45) is 0 Å². The van der Waals surface area contributed by atoms with E-state index in [1.54, 1.807) is 36.4 Å². The fourth-order valence-electron chi connectivity index (χ4n) is 2.69. The third-order valence-corrected chi connectivity index (χ3v) is 5.13. The van der Waals surface area contributed by atoms with E-state index in [1.165, 1.54) is 0 Å². The summed E-state index contributed by atoms with van der Waals surface area (Å²) in [7, 11) is 0. The minimum atomic E-state index is -0.378. The van der Waals surface area contributed by atoms with E-state index in [9.17, 15) is 9.59 Å². The number of hydrogen-bond donors (Lipinski definition) is 1. The number of carbonyl (C=O) groups excluding carboxylic acids is 2. The first kappa shape index (κ1) is 20.7. The number of rotatable bonds is 6. The van der Waals surface area contributed by atoms with Crippen LogP contribution in [0, 0.1) is 0 Å². The summed E-state index contributed by atoms with van der Waals surface area (Å²) >= 11 is 15.6. The molecule has 0 aliphatic carbocycles. The Morgan fingerprint density at radius 3 is 2.61 bits per heavy atom. The van der Waals surface area contributed by atoms with Crippen LogP contribution in [0.2, 0.25) is 10.0 Å². The Labute approximate surface area is 180 Å². The van der Waals surface area contributed by atoms with Crippen molar-refractivity contribution in [2.45, 2.75) is 20.0 Å². The van der Waals surface area contributed by atoms with Crippen molar-refractivity contribution in [3.8, 4) is 11.5 Å². The van der Waals surface area contributed by atoms with Gasteiger partial charge in [-0.1, -0.05) is 29.3 Å². The van der Waals surface area contributed by atoms with Gasteiger partial charge in [0.05, 0.1) is 17.5 Å². The van der Waals surface area contributed by atoms with Crippen LogP contribution < -0.4 is 14.8 Å². The predicted octanol–water partition coefficient (Wildman–Crippen LogP) is 5.16. The summed E-state index contributed by atoms with van der Waals surface area (Å²) < 4.78 is 12.3. The predicted molar refractivity (Wildman–Crippen MR) is 112 cm³/mol. The van der Waals surface area contributed by atoms with Gasteiger partial charge in [0.15, 0.2) is 11.5 Å². The highest BCUT2D eigenvalue weighted by Gasteiger charge is 2.24.